The summed E-state index contributed by atoms with van der Waals surface area (Å²) in [5.41, 5.74) is 3.73. The van der Waals surface area contributed by atoms with Crippen molar-refractivity contribution >= 4 is 22.9 Å². The van der Waals surface area contributed by atoms with Crippen LogP contribution in [-0.2, 0) is 6.42 Å². The topological polar surface area (TPSA) is 50.9 Å². The van der Waals surface area contributed by atoms with Crippen molar-refractivity contribution in [2.45, 2.75) is 17.8 Å². The van der Waals surface area contributed by atoms with Crippen LogP contribution in [0.1, 0.15) is 5.01 Å². The van der Waals surface area contributed by atoms with Crippen molar-refractivity contribution in [3.05, 3.63) is 40.7 Å². The van der Waals surface area contributed by atoms with Crippen LogP contribution in [0.2, 0.25) is 0 Å². The van der Waals surface area contributed by atoms with Gasteiger partial charge in [0.1, 0.15) is 6.04 Å². The molecule has 1 aromatic carbocycles. The van der Waals surface area contributed by atoms with Crippen molar-refractivity contribution in [1.82, 2.24) is 10.4 Å². The summed E-state index contributed by atoms with van der Waals surface area (Å²) in [5.74, 6) is 5.09. The van der Waals surface area contributed by atoms with E-state index in [0.29, 0.717) is 5.01 Å². The van der Waals surface area contributed by atoms with Gasteiger partial charge in [-0.25, -0.2) is 10.4 Å². The van der Waals surface area contributed by atoms with Crippen molar-refractivity contribution < 1.29 is 8.78 Å². The first-order chi connectivity index (χ1) is 9.00. The Kier molecular flexibility index (Phi) is 4.46. The van der Waals surface area contributed by atoms with Crippen LogP contribution >= 0.6 is 22.9 Å². The molecule has 2 aromatic rings. The molecule has 0 aliphatic rings. The van der Waals surface area contributed by atoms with Crippen molar-refractivity contribution in [1.29, 1.82) is 0 Å². The van der Waals surface area contributed by atoms with Gasteiger partial charge >= 0.3 is 5.38 Å². The highest BCUT2D eigenvalue weighted by molar-refractivity contribution is 7.09. The minimum atomic E-state index is -3.41. The van der Waals surface area contributed by atoms with Crippen LogP contribution in [0.5, 0.6) is 0 Å². The second-order valence-corrected chi connectivity index (χ2v) is 5.40. The molecule has 19 heavy (non-hydrogen) atoms. The molecule has 1 aromatic heterocycles. The molecule has 1 heterocycles. The summed E-state index contributed by atoms with van der Waals surface area (Å²) < 4.78 is 26.0. The van der Waals surface area contributed by atoms with E-state index in [1.54, 1.807) is 0 Å². The zero-order valence-electron chi connectivity index (χ0n) is 9.82. The third-order valence-electron chi connectivity index (χ3n) is 2.60. The quantitative estimate of drug-likeness (QED) is 0.507. The van der Waals surface area contributed by atoms with E-state index in [2.05, 4.69) is 4.98 Å². The van der Waals surface area contributed by atoms with Crippen LogP contribution in [0.4, 0.5) is 8.78 Å². The van der Waals surface area contributed by atoms with Gasteiger partial charge < -0.3 is 0 Å². The van der Waals surface area contributed by atoms with E-state index >= 15 is 0 Å². The van der Waals surface area contributed by atoms with E-state index in [4.69, 9.17) is 17.4 Å². The number of benzene rings is 1. The average Bonchev–Trinajstić information content (AvgIpc) is 2.84. The molecule has 0 radical (unpaired) electrons. The van der Waals surface area contributed by atoms with Gasteiger partial charge in [0.2, 0.25) is 0 Å². The molecule has 0 bridgehead atoms. The zero-order valence-corrected chi connectivity index (χ0v) is 11.4. The molecule has 0 amide bonds. The van der Waals surface area contributed by atoms with Crippen LogP contribution in [-0.4, -0.2) is 16.4 Å². The molecule has 0 saturated heterocycles. The maximum absolute atomic E-state index is 13.0. The van der Waals surface area contributed by atoms with Gasteiger partial charge in [-0.2, -0.15) is 8.78 Å². The maximum atomic E-state index is 13.0. The average molecular weight is 304 g/mol. The van der Waals surface area contributed by atoms with Gasteiger partial charge in [0.15, 0.2) is 0 Å². The molecule has 0 aliphatic heterocycles. The Morgan fingerprint density at radius 3 is 2.63 bits per heavy atom. The van der Waals surface area contributed by atoms with Crippen molar-refractivity contribution in [2.75, 3.05) is 0 Å². The number of rotatable bonds is 5. The fraction of sp³-hybridized carbons (Fsp3) is 0.250. The lowest BCUT2D eigenvalue weighted by atomic mass is 10.2. The number of aromatic nitrogens is 1. The normalized spacial score (nSPS) is 13.5. The van der Waals surface area contributed by atoms with E-state index in [1.807, 2.05) is 41.1 Å². The number of hydrogen-bond acceptors (Lipinski definition) is 4. The highest BCUT2D eigenvalue weighted by Crippen LogP contribution is 2.28. The SMILES string of the molecule is NNC(Cc1nc(-c2ccccc2)cs1)C(F)(F)Cl. The van der Waals surface area contributed by atoms with Crippen LogP contribution in [0.25, 0.3) is 11.3 Å². The Balaban J connectivity index is 2.14. The van der Waals surface area contributed by atoms with E-state index < -0.39 is 11.4 Å². The Morgan fingerprint density at radius 2 is 2.05 bits per heavy atom. The van der Waals surface area contributed by atoms with E-state index in [1.165, 1.54) is 11.3 Å². The first-order valence-electron chi connectivity index (χ1n) is 5.53. The summed E-state index contributed by atoms with van der Waals surface area (Å²) >= 11 is 6.28. The third kappa shape index (κ3) is 3.70. The lowest BCUT2D eigenvalue weighted by molar-refractivity contribution is 0.0502. The Morgan fingerprint density at radius 1 is 1.37 bits per heavy atom. The van der Waals surface area contributed by atoms with Gasteiger partial charge in [0, 0.05) is 17.4 Å². The lowest BCUT2D eigenvalue weighted by Crippen LogP contribution is -2.46. The highest BCUT2D eigenvalue weighted by Gasteiger charge is 2.37. The number of nitrogens with one attached hydrogen (secondary N) is 1. The number of alkyl halides is 3. The predicted octanol–water partition coefficient (Wildman–Crippen LogP) is 3.02. The Bertz CT molecular complexity index is 527. The van der Waals surface area contributed by atoms with Crippen LogP contribution in [0.3, 0.4) is 0 Å². The number of nitrogens with zero attached hydrogens (tertiary/aromatic N) is 1. The van der Waals surface area contributed by atoms with E-state index in [0.717, 1.165) is 11.3 Å². The van der Waals surface area contributed by atoms with Crippen LogP contribution in [0.15, 0.2) is 35.7 Å². The zero-order chi connectivity index (χ0) is 13.9. The highest BCUT2D eigenvalue weighted by atomic mass is 35.5. The molecule has 0 saturated carbocycles. The second-order valence-electron chi connectivity index (χ2n) is 3.96. The molecule has 102 valence electrons. The number of thiazole rings is 1. The minimum Gasteiger partial charge on any atom is -0.271 e. The standard InChI is InChI=1S/C12H12ClF2N3S/c13-12(14,15)10(18-16)6-11-17-9(7-19-11)8-4-2-1-3-5-8/h1-5,7,10,18H,6,16H2. The minimum absolute atomic E-state index is 0.0233. The number of nitrogens with two attached hydrogens (primary N) is 1. The van der Waals surface area contributed by atoms with Gasteiger partial charge in [-0.05, 0) is 11.6 Å². The Labute approximate surface area is 118 Å². The number of halogens is 3. The molecular weight excluding hydrogens is 292 g/mol. The molecule has 0 spiro atoms. The van der Waals surface area contributed by atoms with Gasteiger partial charge in [-0.1, -0.05) is 30.3 Å². The van der Waals surface area contributed by atoms with Gasteiger partial charge in [0.25, 0.3) is 0 Å². The first kappa shape index (κ1) is 14.3. The summed E-state index contributed by atoms with van der Waals surface area (Å²) in [6, 6.07) is 8.17. The van der Waals surface area contributed by atoms with Crippen molar-refractivity contribution in [2.24, 2.45) is 5.84 Å². The van der Waals surface area contributed by atoms with Crippen molar-refractivity contribution in [3.8, 4) is 11.3 Å². The Hall–Kier alpha value is -1.08. The molecule has 2 rings (SSSR count). The van der Waals surface area contributed by atoms with E-state index in [-0.39, 0.29) is 6.42 Å². The summed E-state index contributed by atoms with van der Waals surface area (Å²) in [6.45, 7) is 0. The van der Waals surface area contributed by atoms with Crippen molar-refractivity contribution in [3.63, 3.8) is 0 Å². The monoisotopic (exact) mass is 303 g/mol. The first-order valence-corrected chi connectivity index (χ1v) is 6.79. The number of hydrazine groups is 1. The van der Waals surface area contributed by atoms with Crippen LogP contribution in [0, 0.1) is 0 Å². The predicted molar refractivity (Wildman–Crippen MR) is 73.2 cm³/mol. The smallest absolute Gasteiger partial charge is 0.271 e. The summed E-state index contributed by atoms with van der Waals surface area (Å²) in [4.78, 5) is 4.31. The summed E-state index contributed by atoms with van der Waals surface area (Å²) in [6.07, 6.45) is -0.0233. The molecule has 0 fully saturated rings. The summed E-state index contributed by atoms with van der Waals surface area (Å²) in [5, 5.41) is -1.03. The lowest BCUT2D eigenvalue weighted by Gasteiger charge is -2.19. The fourth-order valence-electron chi connectivity index (χ4n) is 1.59. The third-order valence-corrected chi connectivity index (χ3v) is 3.73. The summed E-state index contributed by atoms with van der Waals surface area (Å²) in [7, 11) is 0. The molecule has 3 N–H and O–H groups in total. The van der Waals surface area contributed by atoms with E-state index in [9.17, 15) is 8.78 Å². The maximum Gasteiger partial charge on any atom is 0.338 e. The van der Waals surface area contributed by atoms with Gasteiger partial charge in [0.05, 0.1) is 10.7 Å². The van der Waals surface area contributed by atoms with Gasteiger partial charge in [-0.3, -0.25) is 5.84 Å². The molecule has 0 aliphatic carbocycles. The largest absolute Gasteiger partial charge is 0.338 e. The van der Waals surface area contributed by atoms with Crippen LogP contribution < -0.4 is 11.3 Å². The molecule has 3 nitrogen and oxygen atoms in total. The molecule has 7 heteroatoms. The fourth-order valence-corrected chi connectivity index (χ4v) is 2.58. The number of hydrogen-bond donors (Lipinski definition) is 2. The molecular formula is C12H12ClF2N3S. The van der Waals surface area contributed by atoms with Gasteiger partial charge in [-0.15, -0.1) is 11.3 Å². The molecule has 1 atom stereocenters. The second kappa shape index (κ2) is 5.92. The molecule has 1 unspecified atom stereocenters.